The number of nitrogens with one attached hydrogen (secondary N) is 2. The molecule has 6 heteroatoms. The van der Waals surface area contributed by atoms with Gasteiger partial charge in [0.15, 0.2) is 0 Å². The van der Waals surface area contributed by atoms with Gasteiger partial charge in [0, 0.05) is 12.5 Å². The van der Waals surface area contributed by atoms with Crippen molar-refractivity contribution in [2.75, 3.05) is 16.8 Å². The minimum absolute atomic E-state index is 0.0917. The third-order valence-corrected chi connectivity index (χ3v) is 5.05. The van der Waals surface area contributed by atoms with Crippen molar-refractivity contribution in [2.45, 2.75) is 25.4 Å². The molecule has 2 atom stereocenters. The Morgan fingerprint density at radius 3 is 2.66 bits per heavy atom. The molecule has 0 aliphatic carbocycles. The summed E-state index contributed by atoms with van der Waals surface area (Å²) < 4.78 is 5.60. The Labute approximate surface area is 169 Å². The largest absolute Gasteiger partial charge is 0.467 e. The number of furan rings is 1. The predicted molar refractivity (Wildman–Crippen MR) is 112 cm³/mol. The number of rotatable bonds is 5. The van der Waals surface area contributed by atoms with Gasteiger partial charge in [0.25, 0.3) is 0 Å². The summed E-state index contributed by atoms with van der Waals surface area (Å²) in [6.45, 7) is 1.99. The maximum absolute atomic E-state index is 13.2. The molecule has 2 heterocycles. The number of hydrogen-bond donors (Lipinski definition) is 2. The van der Waals surface area contributed by atoms with E-state index in [9.17, 15) is 9.59 Å². The molecule has 0 fully saturated rings. The van der Waals surface area contributed by atoms with Crippen LogP contribution in [0.4, 0.5) is 11.4 Å². The van der Waals surface area contributed by atoms with Crippen LogP contribution in [0.1, 0.15) is 30.7 Å². The van der Waals surface area contributed by atoms with E-state index in [1.54, 1.807) is 11.2 Å². The van der Waals surface area contributed by atoms with E-state index in [0.717, 1.165) is 11.3 Å². The minimum Gasteiger partial charge on any atom is -0.467 e. The van der Waals surface area contributed by atoms with E-state index < -0.39 is 0 Å². The van der Waals surface area contributed by atoms with Gasteiger partial charge in [-0.3, -0.25) is 14.9 Å². The van der Waals surface area contributed by atoms with Gasteiger partial charge in [0.1, 0.15) is 5.76 Å². The lowest BCUT2D eigenvalue weighted by atomic mass is 10.0. The first-order valence-electron chi connectivity index (χ1n) is 9.66. The van der Waals surface area contributed by atoms with Crippen molar-refractivity contribution in [1.82, 2.24) is 5.32 Å². The quantitative estimate of drug-likeness (QED) is 0.697. The zero-order chi connectivity index (χ0) is 20.2. The first-order valence-corrected chi connectivity index (χ1v) is 9.66. The SMILES string of the molecule is CC1CC(=O)Nc2ccccc2N1C(=O)CNC(c1ccccc1)c1ccco1. The zero-order valence-electron chi connectivity index (χ0n) is 16.2. The summed E-state index contributed by atoms with van der Waals surface area (Å²) in [5, 5.41) is 6.21. The predicted octanol–water partition coefficient (Wildman–Crippen LogP) is 3.72. The van der Waals surface area contributed by atoms with Gasteiger partial charge in [-0.1, -0.05) is 42.5 Å². The van der Waals surface area contributed by atoms with E-state index in [4.69, 9.17) is 4.42 Å². The molecule has 2 aromatic carbocycles. The summed E-state index contributed by atoms with van der Waals surface area (Å²) in [4.78, 5) is 27.1. The van der Waals surface area contributed by atoms with Crippen LogP contribution < -0.4 is 15.5 Å². The number of amides is 2. The van der Waals surface area contributed by atoms with E-state index in [-0.39, 0.29) is 36.9 Å². The monoisotopic (exact) mass is 389 g/mol. The fraction of sp³-hybridized carbons (Fsp3) is 0.217. The summed E-state index contributed by atoms with van der Waals surface area (Å²) in [5.41, 5.74) is 2.38. The van der Waals surface area contributed by atoms with Crippen LogP contribution in [0, 0.1) is 0 Å². The normalized spacial score (nSPS) is 17.2. The van der Waals surface area contributed by atoms with Crippen LogP contribution >= 0.6 is 0 Å². The van der Waals surface area contributed by atoms with Gasteiger partial charge in [-0.15, -0.1) is 0 Å². The van der Waals surface area contributed by atoms with Crippen LogP contribution in [-0.2, 0) is 9.59 Å². The summed E-state index contributed by atoms with van der Waals surface area (Å²) in [6, 6.07) is 20.5. The van der Waals surface area contributed by atoms with Gasteiger partial charge >= 0.3 is 0 Å². The van der Waals surface area contributed by atoms with E-state index in [0.29, 0.717) is 11.4 Å². The molecule has 148 valence electrons. The van der Waals surface area contributed by atoms with Gasteiger partial charge in [-0.25, -0.2) is 0 Å². The Morgan fingerprint density at radius 2 is 1.90 bits per heavy atom. The maximum atomic E-state index is 13.2. The van der Waals surface area contributed by atoms with Gasteiger partial charge in [0.2, 0.25) is 11.8 Å². The first kappa shape index (κ1) is 19.0. The maximum Gasteiger partial charge on any atom is 0.241 e. The highest BCUT2D eigenvalue weighted by molar-refractivity contribution is 6.04. The highest BCUT2D eigenvalue weighted by Crippen LogP contribution is 2.31. The van der Waals surface area contributed by atoms with Gasteiger partial charge in [0.05, 0.1) is 30.2 Å². The molecule has 0 saturated heterocycles. The standard InChI is InChI=1S/C23H23N3O3/c1-16-14-21(27)25-18-10-5-6-11-19(18)26(16)22(28)15-24-23(20-12-7-13-29-20)17-8-3-2-4-9-17/h2-13,16,23-24H,14-15H2,1H3,(H,25,27). The molecule has 1 aromatic heterocycles. The number of anilines is 2. The number of nitrogens with zero attached hydrogens (tertiary/aromatic N) is 1. The van der Waals surface area contributed by atoms with Crippen molar-refractivity contribution in [1.29, 1.82) is 0 Å². The summed E-state index contributed by atoms with van der Waals surface area (Å²) in [7, 11) is 0. The van der Waals surface area contributed by atoms with Crippen LogP contribution in [-0.4, -0.2) is 24.4 Å². The third kappa shape index (κ3) is 4.07. The van der Waals surface area contributed by atoms with Crippen LogP contribution in [0.5, 0.6) is 0 Å². The second kappa shape index (κ2) is 8.32. The second-order valence-electron chi connectivity index (χ2n) is 7.12. The zero-order valence-corrected chi connectivity index (χ0v) is 16.2. The summed E-state index contributed by atoms with van der Waals surface area (Å²) >= 11 is 0. The third-order valence-electron chi connectivity index (χ3n) is 5.05. The molecule has 0 radical (unpaired) electrons. The molecule has 2 N–H and O–H groups in total. The molecular formula is C23H23N3O3. The lowest BCUT2D eigenvalue weighted by molar-refractivity contribution is -0.118. The van der Waals surface area contributed by atoms with Gasteiger partial charge < -0.3 is 14.6 Å². The smallest absolute Gasteiger partial charge is 0.241 e. The molecule has 2 unspecified atom stereocenters. The molecule has 6 nitrogen and oxygen atoms in total. The summed E-state index contributed by atoms with van der Waals surface area (Å²) in [5.74, 6) is 0.546. The summed E-state index contributed by atoms with van der Waals surface area (Å²) in [6.07, 6.45) is 1.87. The van der Waals surface area contributed by atoms with Crippen molar-refractivity contribution in [3.05, 3.63) is 84.3 Å². The average molecular weight is 389 g/mol. The number of carbonyl (C=O) groups is 2. The molecule has 0 spiro atoms. The fourth-order valence-corrected chi connectivity index (χ4v) is 3.73. The van der Waals surface area contributed by atoms with E-state index in [2.05, 4.69) is 10.6 Å². The Kier molecular flexibility index (Phi) is 5.44. The lowest BCUT2D eigenvalue weighted by Crippen LogP contribution is -2.44. The van der Waals surface area contributed by atoms with Gasteiger partial charge in [-0.2, -0.15) is 0 Å². The van der Waals surface area contributed by atoms with Crippen LogP contribution in [0.3, 0.4) is 0 Å². The number of fused-ring (bicyclic) bond motifs is 1. The molecule has 1 aliphatic heterocycles. The topological polar surface area (TPSA) is 74.6 Å². The van der Waals surface area contributed by atoms with Gasteiger partial charge in [-0.05, 0) is 36.8 Å². The van der Waals surface area contributed by atoms with Crippen LogP contribution in [0.2, 0.25) is 0 Å². The number of para-hydroxylation sites is 2. The number of carbonyl (C=O) groups excluding carboxylic acids is 2. The Hall–Kier alpha value is -3.38. The number of hydrogen-bond acceptors (Lipinski definition) is 4. The van der Waals surface area contributed by atoms with Crippen molar-refractivity contribution >= 4 is 23.2 Å². The lowest BCUT2D eigenvalue weighted by Gasteiger charge is -2.29. The van der Waals surface area contributed by atoms with Crippen molar-refractivity contribution in [3.8, 4) is 0 Å². The number of benzene rings is 2. The van der Waals surface area contributed by atoms with Crippen molar-refractivity contribution < 1.29 is 14.0 Å². The van der Waals surface area contributed by atoms with Crippen LogP contribution in [0.25, 0.3) is 0 Å². The van der Waals surface area contributed by atoms with Crippen molar-refractivity contribution in [3.63, 3.8) is 0 Å². The Balaban J connectivity index is 1.57. The molecule has 0 saturated carbocycles. The second-order valence-corrected chi connectivity index (χ2v) is 7.12. The molecule has 3 aromatic rings. The molecule has 0 bridgehead atoms. The molecule has 29 heavy (non-hydrogen) atoms. The average Bonchev–Trinajstić information content (AvgIpc) is 3.20. The Bertz CT molecular complexity index is 986. The molecular weight excluding hydrogens is 366 g/mol. The van der Waals surface area contributed by atoms with Crippen LogP contribution in [0.15, 0.2) is 77.4 Å². The molecule has 1 aliphatic rings. The van der Waals surface area contributed by atoms with E-state index in [1.165, 1.54) is 0 Å². The molecule has 2 amide bonds. The Morgan fingerprint density at radius 1 is 1.14 bits per heavy atom. The van der Waals surface area contributed by atoms with Crippen molar-refractivity contribution in [2.24, 2.45) is 0 Å². The fourth-order valence-electron chi connectivity index (χ4n) is 3.73. The minimum atomic E-state index is -0.244. The molecule has 4 rings (SSSR count). The highest BCUT2D eigenvalue weighted by Gasteiger charge is 2.30. The van der Waals surface area contributed by atoms with E-state index >= 15 is 0 Å². The highest BCUT2D eigenvalue weighted by atomic mass is 16.3. The first-order chi connectivity index (χ1) is 14.1. The van der Waals surface area contributed by atoms with E-state index in [1.807, 2.05) is 73.7 Å².